The SMILES string of the molecule is NC(=O)NC(CC(=O)NNC(=O)c1ccc(Br)s1)c1cccs1. The lowest BCUT2D eigenvalue weighted by Crippen LogP contribution is -2.43. The number of primary amides is 1. The topological polar surface area (TPSA) is 113 Å². The van der Waals surface area contributed by atoms with Gasteiger partial charge < -0.3 is 11.1 Å². The van der Waals surface area contributed by atoms with Crippen molar-refractivity contribution in [2.24, 2.45) is 5.73 Å². The fourth-order valence-corrected chi connectivity index (χ4v) is 3.80. The minimum Gasteiger partial charge on any atom is -0.352 e. The maximum absolute atomic E-state index is 12.0. The summed E-state index contributed by atoms with van der Waals surface area (Å²) in [5.74, 6) is -0.856. The molecular formula is C13H13BrN4O3S2. The number of hydrazine groups is 1. The summed E-state index contributed by atoms with van der Waals surface area (Å²) in [6, 6.07) is 5.72. The van der Waals surface area contributed by atoms with Gasteiger partial charge in [-0.25, -0.2) is 4.79 Å². The van der Waals surface area contributed by atoms with E-state index in [9.17, 15) is 14.4 Å². The van der Waals surface area contributed by atoms with E-state index in [-0.39, 0.29) is 6.42 Å². The van der Waals surface area contributed by atoms with Gasteiger partial charge in [-0.15, -0.1) is 22.7 Å². The summed E-state index contributed by atoms with van der Waals surface area (Å²) in [5, 5.41) is 4.34. The highest BCUT2D eigenvalue weighted by Gasteiger charge is 2.19. The Morgan fingerprint density at radius 2 is 2.00 bits per heavy atom. The van der Waals surface area contributed by atoms with Gasteiger partial charge in [0.25, 0.3) is 5.91 Å². The summed E-state index contributed by atoms with van der Waals surface area (Å²) in [6.45, 7) is 0. The van der Waals surface area contributed by atoms with Crippen molar-refractivity contribution in [2.75, 3.05) is 0 Å². The van der Waals surface area contributed by atoms with E-state index in [0.717, 1.165) is 8.66 Å². The third-order valence-electron chi connectivity index (χ3n) is 2.71. The summed E-state index contributed by atoms with van der Waals surface area (Å²) in [6.07, 6.45) is -0.0438. The molecule has 122 valence electrons. The van der Waals surface area contributed by atoms with Gasteiger partial charge >= 0.3 is 6.03 Å². The molecule has 2 rings (SSSR count). The third kappa shape index (κ3) is 5.34. The van der Waals surface area contributed by atoms with Crippen LogP contribution in [0.2, 0.25) is 0 Å². The molecule has 7 nitrogen and oxygen atoms in total. The minimum atomic E-state index is -0.719. The Morgan fingerprint density at radius 1 is 1.22 bits per heavy atom. The van der Waals surface area contributed by atoms with Crippen LogP contribution in [0, 0.1) is 0 Å². The highest BCUT2D eigenvalue weighted by molar-refractivity contribution is 9.11. The molecular weight excluding hydrogens is 404 g/mol. The number of rotatable bonds is 5. The van der Waals surface area contributed by atoms with Gasteiger partial charge in [0.1, 0.15) is 0 Å². The second-order valence-corrected chi connectivity index (χ2v) is 7.83. The van der Waals surface area contributed by atoms with Gasteiger partial charge in [0.15, 0.2) is 0 Å². The Hall–Kier alpha value is -1.91. The predicted octanol–water partition coefficient (Wildman–Crippen LogP) is 2.13. The van der Waals surface area contributed by atoms with Gasteiger partial charge in [0, 0.05) is 4.88 Å². The number of thiophene rings is 2. The lowest BCUT2D eigenvalue weighted by Gasteiger charge is -2.16. The molecule has 0 saturated carbocycles. The predicted molar refractivity (Wildman–Crippen MR) is 92.0 cm³/mol. The Kier molecular flexibility index (Phi) is 6.13. The first-order chi connectivity index (χ1) is 11.0. The molecule has 23 heavy (non-hydrogen) atoms. The second kappa shape index (κ2) is 8.09. The number of hydrogen-bond donors (Lipinski definition) is 4. The number of nitrogens with two attached hydrogens (primary N) is 1. The van der Waals surface area contributed by atoms with Crippen LogP contribution in [0.1, 0.15) is 27.0 Å². The summed E-state index contributed by atoms with van der Waals surface area (Å²) < 4.78 is 0.817. The lowest BCUT2D eigenvalue weighted by atomic mass is 10.1. The van der Waals surface area contributed by atoms with Gasteiger partial charge in [0.05, 0.1) is 21.1 Å². The average Bonchev–Trinajstić information content (AvgIpc) is 3.14. The summed E-state index contributed by atoms with van der Waals surface area (Å²) in [4.78, 5) is 36.1. The van der Waals surface area contributed by atoms with E-state index < -0.39 is 23.9 Å². The van der Waals surface area contributed by atoms with Crippen LogP contribution in [0.3, 0.4) is 0 Å². The van der Waals surface area contributed by atoms with Crippen LogP contribution >= 0.6 is 38.6 Å². The smallest absolute Gasteiger partial charge is 0.312 e. The molecule has 0 bridgehead atoms. The van der Waals surface area contributed by atoms with Crippen molar-refractivity contribution in [3.63, 3.8) is 0 Å². The molecule has 0 radical (unpaired) electrons. The Morgan fingerprint density at radius 3 is 2.57 bits per heavy atom. The highest BCUT2D eigenvalue weighted by atomic mass is 79.9. The molecule has 1 atom stereocenters. The fourth-order valence-electron chi connectivity index (χ4n) is 1.74. The number of urea groups is 1. The van der Waals surface area contributed by atoms with Crippen LogP contribution < -0.4 is 21.9 Å². The van der Waals surface area contributed by atoms with E-state index in [4.69, 9.17) is 5.73 Å². The molecule has 4 amide bonds. The molecule has 2 aromatic rings. The summed E-state index contributed by atoms with van der Waals surface area (Å²) >= 11 is 5.91. The Labute approximate surface area is 148 Å². The van der Waals surface area contributed by atoms with E-state index >= 15 is 0 Å². The molecule has 0 aromatic carbocycles. The maximum atomic E-state index is 12.0. The zero-order valence-corrected chi connectivity index (χ0v) is 14.9. The third-order valence-corrected chi connectivity index (χ3v) is 5.31. The number of carbonyl (C=O) groups excluding carboxylic acids is 3. The van der Waals surface area contributed by atoms with Crippen molar-refractivity contribution in [1.29, 1.82) is 0 Å². The quantitative estimate of drug-likeness (QED) is 0.559. The van der Waals surface area contributed by atoms with Crippen LogP contribution in [0.25, 0.3) is 0 Å². The van der Waals surface area contributed by atoms with Crippen molar-refractivity contribution in [1.82, 2.24) is 16.2 Å². The monoisotopic (exact) mass is 416 g/mol. The summed E-state index contributed by atoms with van der Waals surface area (Å²) in [7, 11) is 0. The zero-order chi connectivity index (χ0) is 16.8. The zero-order valence-electron chi connectivity index (χ0n) is 11.7. The molecule has 0 aliphatic rings. The van der Waals surface area contributed by atoms with Crippen molar-refractivity contribution in [3.05, 3.63) is 43.2 Å². The van der Waals surface area contributed by atoms with Crippen LogP contribution in [0.5, 0.6) is 0 Å². The van der Waals surface area contributed by atoms with Crippen LogP contribution in [0.15, 0.2) is 33.4 Å². The second-order valence-electron chi connectivity index (χ2n) is 4.39. The lowest BCUT2D eigenvalue weighted by molar-refractivity contribution is -0.122. The normalized spacial score (nSPS) is 11.5. The molecule has 2 aromatic heterocycles. The van der Waals surface area contributed by atoms with Gasteiger partial charge in [-0.2, -0.15) is 0 Å². The van der Waals surface area contributed by atoms with Crippen molar-refractivity contribution >= 4 is 56.4 Å². The number of amides is 4. The standard InChI is InChI=1S/C13H13BrN4O3S2/c14-10-4-3-9(23-10)12(20)18-17-11(19)6-7(16-13(15)21)8-2-1-5-22-8/h1-5,7H,6H2,(H,17,19)(H,18,20)(H3,15,16,21). The number of carbonyl (C=O) groups is 3. The summed E-state index contributed by atoms with van der Waals surface area (Å²) in [5.41, 5.74) is 9.77. The van der Waals surface area contributed by atoms with Crippen molar-refractivity contribution < 1.29 is 14.4 Å². The molecule has 5 N–H and O–H groups in total. The Bertz CT molecular complexity index is 702. The first kappa shape index (κ1) is 17.4. The van der Waals surface area contributed by atoms with Crippen LogP contribution in [0.4, 0.5) is 4.79 Å². The average molecular weight is 417 g/mol. The first-order valence-corrected chi connectivity index (χ1v) is 8.88. The van der Waals surface area contributed by atoms with E-state index in [1.165, 1.54) is 22.7 Å². The minimum absolute atomic E-state index is 0.0438. The van der Waals surface area contributed by atoms with Gasteiger partial charge in [-0.05, 0) is 39.5 Å². The van der Waals surface area contributed by atoms with E-state index in [2.05, 4.69) is 32.1 Å². The first-order valence-electron chi connectivity index (χ1n) is 6.39. The molecule has 2 heterocycles. The van der Waals surface area contributed by atoms with Crippen molar-refractivity contribution in [3.8, 4) is 0 Å². The van der Waals surface area contributed by atoms with Gasteiger partial charge in [-0.3, -0.25) is 20.4 Å². The van der Waals surface area contributed by atoms with Crippen molar-refractivity contribution in [2.45, 2.75) is 12.5 Å². The van der Waals surface area contributed by atoms with E-state index in [0.29, 0.717) is 4.88 Å². The molecule has 1 unspecified atom stereocenters. The fraction of sp³-hybridized carbons (Fsp3) is 0.154. The van der Waals surface area contributed by atoms with Crippen LogP contribution in [-0.2, 0) is 4.79 Å². The van der Waals surface area contributed by atoms with E-state index in [1.54, 1.807) is 18.2 Å². The highest BCUT2D eigenvalue weighted by Crippen LogP contribution is 2.22. The Balaban J connectivity index is 1.89. The molecule has 0 fully saturated rings. The number of nitrogens with one attached hydrogen (secondary N) is 3. The van der Waals surface area contributed by atoms with Crippen LogP contribution in [-0.4, -0.2) is 17.8 Å². The molecule has 0 aliphatic carbocycles. The maximum Gasteiger partial charge on any atom is 0.312 e. The molecule has 0 spiro atoms. The largest absolute Gasteiger partial charge is 0.352 e. The van der Waals surface area contributed by atoms with E-state index in [1.807, 2.05) is 11.4 Å². The number of hydrogen-bond acceptors (Lipinski definition) is 5. The van der Waals surface area contributed by atoms with Gasteiger partial charge in [-0.1, -0.05) is 6.07 Å². The number of halogens is 1. The molecule has 10 heteroatoms. The molecule has 0 aliphatic heterocycles. The van der Waals surface area contributed by atoms with Gasteiger partial charge in [0.2, 0.25) is 5.91 Å². The molecule has 0 saturated heterocycles.